The predicted molar refractivity (Wildman–Crippen MR) is 114 cm³/mol. The maximum Gasteiger partial charge on any atom is 0.321 e. The minimum absolute atomic E-state index is 0.282. The van der Waals surface area contributed by atoms with Crippen molar-refractivity contribution in [3.05, 3.63) is 82.2 Å². The molecule has 2 aromatic carbocycles. The number of halogens is 2. The standard InChI is InChI=1S/C22H18Cl2N2O3/c23-14-5-7-17(18(24)10-14)21-8-6-15(29-21)12-26-20(22(27)28)9-13-11-25-19-4-2-1-3-16(13)19/h1-8,10-11,20,25-26H,9,12H2,(H,27,28). The number of carboxylic acid groups (broad SMARTS) is 1. The zero-order valence-electron chi connectivity index (χ0n) is 15.3. The van der Waals surface area contributed by atoms with E-state index in [4.69, 9.17) is 27.6 Å². The van der Waals surface area contributed by atoms with E-state index in [2.05, 4.69) is 10.3 Å². The molecule has 4 aromatic rings. The van der Waals surface area contributed by atoms with Crippen molar-refractivity contribution in [2.24, 2.45) is 0 Å². The van der Waals surface area contributed by atoms with Crippen molar-refractivity contribution < 1.29 is 14.3 Å². The van der Waals surface area contributed by atoms with E-state index in [-0.39, 0.29) is 6.54 Å². The molecule has 3 N–H and O–H groups in total. The number of fused-ring (bicyclic) bond motifs is 1. The van der Waals surface area contributed by atoms with Crippen LogP contribution in [0, 0.1) is 0 Å². The van der Waals surface area contributed by atoms with Crippen molar-refractivity contribution in [1.82, 2.24) is 10.3 Å². The Labute approximate surface area is 177 Å². The van der Waals surface area contributed by atoms with Crippen LogP contribution >= 0.6 is 23.2 Å². The number of aliphatic carboxylic acids is 1. The summed E-state index contributed by atoms with van der Waals surface area (Å²) >= 11 is 12.2. The van der Waals surface area contributed by atoms with Crippen LogP contribution < -0.4 is 5.32 Å². The zero-order valence-corrected chi connectivity index (χ0v) is 16.8. The van der Waals surface area contributed by atoms with Gasteiger partial charge in [0.25, 0.3) is 0 Å². The molecular formula is C22H18Cl2N2O3. The van der Waals surface area contributed by atoms with Crippen LogP contribution in [-0.2, 0) is 17.8 Å². The normalized spacial score (nSPS) is 12.3. The average Bonchev–Trinajstić information content (AvgIpc) is 3.32. The number of H-pyrrole nitrogens is 1. The molecule has 0 aliphatic heterocycles. The molecule has 0 amide bonds. The number of hydrogen-bond acceptors (Lipinski definition) is 3. The van der Waals surface area contributed by atoms with Crippen LogP contribution in [0.2, 0.25) is 10.0 Å². The highest BCUT2D eigenvalue weighted by Gasteiger charge is 2.20. The summed E-state index contributed by atoms with van der Waals surface area (Å²) in [5.41, 5.74) is 2.67. The number of carboxylic acids is 1. The lowest BCUT2D eigenvalue weighted by molar-refractivity contribution is -0.139. The molecule has 0 fully saturated rings. The van der Waals surface area contributed by atoms with Crippen LogP contribution in [0.3, 0.4) is 0 Å². The highest BCUT2D eigenvalue weighted by atomic mass is 35.5. The van der Waals surface area contributed by atoms with Crippen LogP contribution in [0.15, 0.2) is 65.2 Å². The molecule has 1 atom stereocenters. The maximum absolute atomic E-state index is 11.8. The number of aromatic amines is 1. The number of para-hydroxylation sites is 1. The lowest BCUT2D eigenvalue weighted by Gasteiger charge is -2.13. The summed E-state index contributed by atoms with van der Waals surface area (Å²) in [6.45, 7) is 0.282. The summed E-state index contributed by atoms with van der Waals surface area (Å²) in [4.78, 5) is 14.9. The van der Waals surface area contributed by atoms with Gasteiger partial charge in [0.1, 0.15) is 17.6 Å². The Hall–Kier alpha value is -2.73. The minimum Gasteiger partial charge on any atom is -0.480 e. The molecule has 2 aromatic heterocycles. The SMILES string of the molecule is O=C(O)C(Cc1c[nH]c2ccccc12)NCc1ccc(-c2ccc(Cl)cc2Cl)o1. The van der Waals surface area contributed by atoms with Gasteiger partial charge in [-0.05, 0) is 42.0 Å². The van der Waals surface area contributed by atoms with Gasteiger partial charge in [0.05, 0.1) is 11.6 Å². The van der Waals surface area contributed by atoms with Gasteiger partial charge in [-0.3, -0.25) is 10.1 Å². The predicted octanol–water partition coefficient (Wildman–Crippen LogP) is 5.52. The highest BCUT2D eigenvalue weighted by molar-refractivity contribution is 6.36. The lowest BCUT2D eigenvalue weighted by Crippen LogP contribution is -2.37. The van der Waals surface area contributed by atoms with E-state index in [0.717, 1.165) is 22.0 Å². The van der Waals surface area contributed by atoms with E-state index in [0.29, 0.717) is 28.0 Å². The monoisotopic (exact) mass is 428 g/mol. The van der Waals surface area contributed by atoms with Gasteiger partial charge < -0.3 is 14.5 Å². The Morgan fingerprint density at radius 3 is 2.76 bits per heavy atom. The topological polar surface area (TPSA) is 78.3 Å². The summed E-state index contributed by atoms with van der Waals surface area (Å²) < 4.78 is 5.84. The first-order valence-electron chi connectivity index (χ1n) is 9.06. The molecule has 5 nitrogen and oxygen atoms in total. The Balaban J connectivity index is 1.46. The first-order valence-corrected chi connectivity index (χ1v) is 9.82. The van der Waals surface area contributed by atoms with Gasteiger partial charge in [0, 0.05) is 34.1 Å². The largest absolute Gasteiger partial charge is 0.480 e. The molecule has 29 heavy (non-hydrogen) atoms. The van der Waals surface area contributed by atoms with Crippen molar-refractivity contribution in [2.45, 2.75) is 19.0 Å². The Morgan fingerprint density at radius 1 is 1.14 bits per heavy atom. The number of nitrogens with one attached hydrogen (secondary N) is 2. The number of furan rings is 1. The second-order valence-corrected chi connectivity index (χ2v) is 7.57. The Bertz CT molecular complexity index is 1170. The quantitative estimate of drug-likeness (QED) is 0.362. The summed E-state index contributed by atoms with van der Waals surface area (Å²) in [6.07, 6.45) is 2.21. The molecule has 1 unspecified atom stereocenters. The van der Waals surface area contributed by atoms with Crippen LogP contribution in [0.5, 0.6) is 0 Å². The zero-order chi connectivity index (χ0) is 20.4. The molecule has 7 heteroatoms. The van der Waals surface area contributed by atoms with E-state index in [9.17, 15) is 9.90 Å². The Morgan fingerprint density at radius 2 is 1.97 bits per heavy atom. The number of carbonyl (C=O) groups is 1. The van der Waals surface area contributed by atoms with Crippen molar-refractivity contribution >= 4 is 40.1 Å². The van der Waals surface area contributed by atoms with Crippen LogP contribution in [0.4, 0.5) is 0 Å². The molecular weight excluding hydrogens is 411 g/mol. The van der Waals surface area contributed by atoms with Crippen molar-refractivity contribution in [2.75, 3.05) is 0 Å². The maximum atomic E-state index is 11.8. The van der Waals surface area contributed by atoms with Gasteiger partial charge in [-0.2, -0.15) is 0 Å². The summed E-state index contributed by atoms with van der Waals surface area (Å²) in [5, 5.41) is 14.8. The summed E-state index contributed by atoms with van der Waals surface area (Å²) in [5.74, 6) is 0.311. The van der Waals surface area contributed by atoms with E-state index in [1.54, 1.807) is 24.3 Å². The van der Waals surface area contributed by atoms with E-state index < -0.39 is 12.0 Å². The van der Waals surface area contributed by atoms with Crippen molar-refractivity contribution in [3.8, 4) is 11.3 Å². The summed E-state index contributed by atoms with van der Waals surface area (Å²) in [6, 6.07) is 15.9. The molecule has 4 rings (SSSR count). The van der Waals surface area contributed by atoms with Crippen LogP contribution in [0.25, 0.3) is 22.2 Å². The fourth-order valence-corrected chi connectivity index (χ4v) is 3.80. The van der Waals surface area contributed by atoms with E-state index in [1.807, 2.05) is 36.5 Å². The molecule has 148 valence electrons. The number of rotatable bonds is 7. The third-order valence-electron chi connectivity index (χ3n) is 4.78. The van der Waals surface area contributed by atoms with Crippen LogP contribution in [-0.4, -0.2) is 22.1 Å². The summed E-state index contributed by atoms with van der Waals surface area (Å²) in [7, 11) is 0. The second kappa shape index (κ2) is 8.33. The van der Waals surface area contributed by atoms with Gasteiger partial charge >= 0.3 is 5.97 Å². The Kier molecular flexibility index (Phi) is 5.62. The van der Waals surface area contributed by atoms with Gasteiger partial charge in [-0.15, -0.1) is 0 Å². The van der Waals surface area contributed by atoms with Gasteiger partial charge in [-0.25, -0.2) is 0 Å². The minimum atomic E-state index is -0.914. The molecule has 2 heterocycles. The first-order chi connectivity index (χ1) is 14.0. The second-order valence-electron chi connectivity index (χ2n) is 6.73. The van der Waals surface area contributed by atoms with Crippen LogP contribution in [0.1, 0.15) is 11.3 Å². The van der Waals surface area contributed by atoms with Crippen molar-refractivity contribution in [1.29, 1.82) is 0 Å². The number of benzene rings is 2. The first kappa shape index (κ1) is 19.6. The molecule has 0 spiro atoms. The van der Waals surface area contributed by atoms with Gasteiger partial charge in [-0.1, -0.05) is 41.4 Å². The average molecular weight is 429 g/mol. The molecule has 0 saturated heterocycles. The highest BCUT2D eigenvalue weighted by Crippen LogP contribution is 2.31. The van der Waals surface area contributed by atoms with Gasteiger partial charge in [0.15, 0.2) is 0 Å². The van der Waals surface area contributed by atoms with Gasteiger partial charge in [0.2, 0.25) is 0 Å². The van der Waals surface area contributed by atoms with E-state index in [1.165, 1.54) is 0 Å². The molecule has 0 aliphatic carbocycles. The smallest absolute Gasteiger partial charge is 0.321 e. The number of aromatic nitrogens is 1. The number of hydrogen-bond donors (Lipinski definition) is 3. The lowest BCUT2D eigenvalue weighted by atomic mass is 10.0. The molecule has 0 bridgehead atoms. The third kappa shape index (κ3) is 4.32. The fraction of sp³-hybridized carbons (Fsp3) is 0.136. The fourth-order valence-electron chi connectivity index (χ4n) is 3.30. The third-order valence-corrected chi connectivity index (χ3v) is 5.33. The molecule has 0 saturated carbocycles. The molecule has 0 radical (unpaired) electrons. The molecule has 0 aliphatic rings. The van der Waals surface area contributed by atoms with Crippen molar-refractivity contribution in [3.63, 3.8) is 0 Å². The van der Waals surface area contributed by atoms with E-state index >= 15 is 0 Å².